The molecule has 1 fully saturated rings. The summed E-state index contributed by atoms with van der Waals surface area (Å²) in [6.45, 7) is 10.2. The van der Waals surface area contributed by atoms with Gasteiger partial charge in [-0.25, -0.2) is 9.78 Å². The van der Waals surface area contributed by atoms with Crippen molar-refractivity contribution >= 4 is 23.4 Å². The molecule has 1 saturated heterocycles. The van der Waals surface area contributed by atoms with Crippen molar-refractivity contribution in [1.29, 1.82) is 0 Å². The second-order valence-electron chi connectivity index (χ2n) is 7.31. The predicted molar refractivity (Wildman–Crippen MR) is 113 cm³/mol. The van der Waals surface area contributed by atoms with Crippen LogP contribution in [0.5, 0.6) is 0 Å². The molecule has 2 heterocycles. The molecular weight excluding hydrogens is 368 g/mol. The predicted octanol–water partition coefficient (Wildman–Crippen LogP) is 3.66. The number of rotatable bonds is 4. The average molecular weight is 396 g/mol. The lowest BCUT2D eigenvalue weighted by Crippen LogP contribution is -2.50. The fourth-order valence-electron chi connectivity index (χ4n) is 3.58. The van der Waals surface area contributed by atoms with Crippen LogP contribution in [0.25, 0.3) is 0 Å². The lowest BCUT2D eigenvalue weighted by atomic mass is 10.0. The maximum absolute atomic E-state index is 12.7. The highest BCUT2D eigenvalue weighted by Crippen LogP contribution is 2.25. The zero-order chi connectivity index (χ0) is 21.0. The molecule has 29 heavy (non-hydrogen) atoms. The Morgan fingerprint density at radius 2 is 1.66 bits per heavy atom. The number of carbonyl (C=O) groups is 2. The van der Waals surface area contributed by atoms with Gasteiger partial charge in [0, 0.05) is 31.9 Å². The minimum atomic E-state index is -0.324. The first-order valence-electron chi connectivity index (χ1n) is 9.91. The first-order chi connectivity index (χ1) is 13.9. The van der Waals surface area contributed by atoms with Crippen LogP contribution >= 0.6 is 0 Å². The van der Waals surface area contributed by atoms with Crippen molar-refractivity contribution in [3.63, 3.8) is 0 Å². The fraction of sp³-hybridized carbons (Fsp3) is 0.409. The molecule has 1 aliphatic heterocycles. The van der Waals surface area contributed by atoms with Crippen molar-refractivity contribution in [2.75, 3.05) is 38.1 Å². The first kappa shape index (κ1) is 20.6. The van der Waals surface area contributed by atoms with Gasteiger partial charge in [0.25, 0.3) is 5.91 Å². The molecular formula is C22H28N4O3. The van der Waals surface area contributed by atoms with Crippen molar-refractivity contribution in [3.8, 4) is 0 Å². The largest absolute Gasteiger partial charge is 0.450 e. The third kappa shape index (κ3) is 4.85. The van der Waals surface area contributed by atoms with E-state index in [1.165, 1.54) is 16.7 Å². The second-order valence-corrected chi connectivity index (χ2v) is 7.31. The number of ether oxygens (including phenoxy) is 1. The molecule has 154 valence electrons. The van der Waals surface area contributed by atoms with Crippen LogP contribution in [-0.2, 0) is 4.74 Å². The highest BCUT2D eigenvalue weighted by molar-refractivity contribution is 5.92. The molecule has 2 aromatic rings. The summed E-state index contributed by atoms with van der Waals surface area (Å²) in [5, 5.41) is 3.40. The summed E-state index contributed by atoms with van der Waals surface area (Å²) >= 11 is 0. The molecule has 1 aliphatic rings. The molecule has 0 spiro atoms. The molecule has 0 unspecified atom stereocenters. The van der Waals surface area contributed by atoms with Gasteiger partial charge in [0.05, 0.1) is 18.5 Å². The Labute approximate surface area is 171 Å². The lowest BCUT2D eigenvalue weighted by molar-refractivity contribution is 0.0566. The monoisotopic (exact) mass is 396 g/mol. The van der Waals surface area contributed by atoms with Gasteiger partial charge in [-0.05, 0) is 51.0 Å². The van der Waals surface area contributed by atoms with Crippen molar-refractivity contribution in [1.82, 2.24) is 14.8 Å². The van der Waals surface area contributed by atoms with Crippen LogP contribution in [-0.4, -0.2) is 59.6 Å². The van der Waals surface area contributed by atoms with Gasteiger partial charge in [-0.2, -0.15) is 0 Å². The number of aromatic nitrogens is 1. The third-order valence-electron chi connectivity index (χ3n) is 5.02. The molecule has 3 rings (SSSR count). The van der Waals surface area contributed by atoms with E-state index in [1.807, 2.05) is 6.07 Å². The number of hydrogen-bond donors (Lipinski definition) is 1. The summed E-state index contributed by atoms with van der Waals surface area (Å²) in [7, 11) is 0. The van der Waals surface area contributed by atoms with Gasteiger partial charge >= 0.3 is 6.09 Å². The summed E-state index contributed by atoms with van der Waals surface area (Å²) in [5.41, 5.74) is 5.87. The van der Waals surface area contributed by atoms with Crippen molar-refractivity contribution in [2.24, 2.45) is 0 Å². The Kier molecular flexibility index (Phi) is 6.36. The standard InChI is InChI=1S/C22H28N4O3/c1-5-29-22(28)26-10-8-25(9-11-26)21(27)19-7-6-18(14-23-19)24-20-16(3)12-15(2)13-17(20)4/h6-7,12-14,24H,5,8-11H2,1-4H3. The Hall–Kier alpha value is -3.09. The molecule has 1 N–H and O–H groups in total. The summed E-state index contributed by atoms with van der Waals surface area (Å²) in [5.74, 6) is -0.122. The third-order valence-corrected chi connectivity index (χ3v) is 5.02. The van der Waals surface area contributed by atoms with E-state index in [4.69, 9.17) is 4.74 Å². The number of pyridine rings is 1. The number of piperazine rings is 1. The number of nitrogens with one attached hydrogen (secondary N) is 1. The van der Waals surface area contributed by atoms with Gasteiger partial charge in [0.2, 0.25) is 0 Å². The summed E-state index contributed by atoms with van der Waals surface area (Å²) in [4.78, 5) is 32.2. The average Bonchev–Trinajstić information content (AvgIpc) is 2.71. The van der Waals surface area contributed by atoms with Crippen molar-refractivity contribution < 1.29 is 14.3 Å². The van der Waals surface area contributed by atoms with Gasteiger partial charge in [-0.15, -0.1) is 0 Å². The van der Waals surface area contributed by atoms with E-state index < -0.39 is 0 Å². The molecule has 0 radical (unpaired) electrons. The maximum atomic E-state index is 12.7. The van der Waals surface area contributed by atoms with E-state index in [-0.39, 0.29) is 12.0 Å². The molecule has 0 saturated carbocycles. The molecule has 2 amide bonds. The van der Waals surface area contributed by atoms with E-state index in [0.717, 1.165) is 11.4 Å². The Balaban J connectivity index is 1.62. The first-order valence-corrected chi connectivity index (χ1v) is 9.91. The number of benzene rings is 1. The molecule has 1 aromatic heterocycles. The van der Waals surface area contributed by atoms with E-state index >= 15 is 0 Å². The summed E-state index contributed by atoms with van der Waals surface area (Å²) in [6.07, 6.45) is 1.36. The SMILES string of the molecule is CCOC(=O)N1CCN(C(=O)c2ccc(Nc3c(C)cc(C)cc3C)cn2)CC1. The number of anilines is 2. The van der Waals surface area contributed by atoms with Crippen LogP contribution < -0.4 is 5.32 Å². The number of aryl methyl sites for hydroxylation is 3. The van der Waals surface area contributed by atoms with Crippen molar-refractivity contribution in [2.45, 2.75) is 27.7 Å². The van der Waals surface area contributed by atoms with E-state index in [1.54, 1.807) is 29.0 Å². The zero-order valence-electron chi connectivity index (χ0n) is 17.5. The molecule has 7 nitrogen and oxygen atoms in total. The summed E-state index contributed by atoms with van der Waals surface area (Å²) < 4.78 is 5.01. The van der Waals surface area contributed by atoms with Crippen LogP contribution in [0, 0.1) is 20.8 Å². The smallest absolute Gasteiger partial charge is 0.409 e. The minimum absolute atomic E-state index is 0.122. The Morgan fingerprint density at radius 3 is 2.21 bits per heavy atom. The normalized spacial score (nSPS) is 13.9. The molecule has 7 heteroatoms. The number of nitrogens with zero attached hydrogens (tertiary/aromatic N) is 3. The zero-order valence-corrected chi connectivity index (χ0v) is 17.5. The van der Waals surface area contributed by atoms with Crippen LogP contribution in [0.1, 0.15) is 34.1 Å². The second kappa shape index (κ2) is 8.94. The molecule has 0 atom stereocenters. The van der Waals surface area contributed by atoms with Gasteiger partial charge < -0.3 is 19.9 Å². The Morgan fingerprint density at radius 1 is 1.03 bits per heavy atom. The van der Waals surface area contributed by atoms with E-state index in [9.17, 15) is 9.59 Å². The van der Waals surface area contributed by atoms with Crippen molar-refractivity contribution in [3.05, 3.63) is 52.8 Å². The highest BCUT2D eigenvalue weighted by Gasteiger charge is 2.26. The lowest BCUT2D eigenvalue weighted by Gasteiger charge is -2.33. The number of carbonyl (C=O) groups excluding carboxylic acids is 2. The minimum Gasteiger partial charge on any atom is -0.450 e. The molecule has 0 aliphatic carbocycles. The maximum Gasteiger partial charge on any atom is 0.409 e. The van der Waals surface area contributed by atoms with Crippen LogP contribution in [0.4, 0.5) is 16.2 Å². The van der Waals surface area contributed by atoms with Crippen LogP contribution in [0.15, 0.2) is 30.5 Å². The number of amides is 2. The molecule has 1 aromatic carbocycles. The van der Waals surface area contributed by atoms with Crippen LogP contribution in [0.2, 0.25) is 0 Å². The van der Waals surface area contributed by atoms with Gasteiger partial charge in [-0.1, -0.05) is 17.7 Å². The quantitative estimate of drug-likeness (QED) is 0.854. The van der Waals surface area contributed by atoms with Gasteiger partial charge in [0.1, 0.15) is 5.69 Å². The summed E-state index contributed by atoms with van der Waals surface area (Å²) in [6, 6.07) is 7.88. The van der Waals surface area contributed by atoms with Gasteiger partial charge in [-0.3, -0.25) is 4.79 Å². The molecule has 0 bridgehead atoms. The van der Waals surface area contributed by atoms with Crippen LogP contribution in [0.3, 0.4) is 0 Å². The fourth-order valence-corrected chi connectivity index (χ4v) is 3.58. The van der Waals surface area contributed by atoms with E-state index in [0.29, 0.717) is 38.5 Å². The highest BCUT2D eigenvalue weighted by atomic mass is 16.6. The topological polar surface area (TPSA) is 74.8 Å². The Bertz CT molecular complexity index is 864. The van der Waals surface area contributed by atoms with Gasteiger partial charge in [0.15, 0.2) is 0 Å². The number of hydrogen-bond acceptors (Lipinski definition) is 5. The van der Waals surface area contributed by atoms with E-state index in [2.05, 4.69) is 43.2 Å².